The number of aryl methyl sites for hydroxylation is 1. The standard InChI is InChI=1S/C13H24N2S/c1-9(2)13(5,6)8-14-10(3)12-7-16-11(4)15-12/h7,9-10,14H,8H2,1-6H3. The van der Waals surface area contributed by atoms with Crippen molar-refractivity contribution in [3.8, 4) is 0 Å². The number of thiazole rings is 1. The third-order valence-electron chi connectivity index (χ3n) is 3.51. The molecule has 1 atom stereocenters. The molecular formula is C13H24N2S. The van der Waals surface area contributed by atoms with Crippen molar-refractivity contribution in [3.05, 3.63) is 16.1 Å². The fourth-order valence-electron chi connectivity index (χ4n) is 1.30. The van der Waals surface area contributed by atoms with Gasteiger partial charge in [0.15, 0.2) is 0 Å². The van der Waals surface area contributed by atoms with Crippen LogP contribution in [-0.2, 0) is 0 Å². The Morgan fingerprint density at radius 1 is 1.38 bits per heavy atom. The van der Waals surface area contributed by atoms with Crippen LogP contribution >= 0.6 is 11.3 Å². The second-order valence-electron chi connectivity index (χ2n) is 5.54. The quantitative estimate of drug-likeness (QED) is 0.847. The first-order valence-corrected chi connectivity index (χ1v) is 6.86. The van der Waals surface area contributed by atoms with Crippen molar-refractivity contribution >= 4 is 11.3 Å². The Balaban J connectivity index is 2.50. The van der Waals surface area contributed by atoms with Gasteiger partial charge in [0.25, 0.3) is 0 Å². The molecule has 1 aromatic heterocycles. The summed E-state index contributed by atoms with van der Waals surface area (Å²) in [7, 11) is 0. The Labute approximate surface area is 103 Å². The van der Waals surface area contributed by atoms with E-state index in [9.17, 15) is 0 Å². The molecule has 0 aliphatic rings. The third-order valence-corrected chi connectivity index (χ3v) is 4.30. The van der Waals surface area contributed by atoms with Gasteiger partial charge in [-0.3, -0.25) is 0 Å². The van der Waals surface area contributed by atoms with E-state index in [4.69, 9.17) is 0 Å². The maximum atomic E-state index is 4.51. The number of nitrogens with zero attached hydrogens (tertiary/aromatic N) is 1. The Morgan fingerprint density at radius 2 is 2.00 bits per heavy atom. The van der Waals surface area contributed by atoms with E-state index in [0.29, 0.717) is 17.4 Å². The van der Waals surface area contributed by atoms with Crippen molar-refractivity contribution in [2.45, 2.75) is 47.6 Å². The lowest BCUT2D eigenvalue weighted by atomic mass is 9.81. The first kappa shape index (κ1) is 13.7. The van der Waals surface area contributed by atoms with E-state index >= 15 is 0 Å². The van der Waals surface area contributed by atoms with Gasteiger partial charge in [-0.15, -0.1) is 11.3 Å². The zero-order chi connectivity index (χ0) is 12.3. The van der Waals surface area contributed by atoms with Gasteiger partial charge in [0.2, 0.25) is 0 Å². The summed E-state index contributed by atoms with van der Waals surface area (Å²) < 4.78 is 0. The molecule has 92 valence electrons. The van der Waals surface area contributed by atoms with Gasteiger partial charge in [-0.2, -0.15) is 0 Å². The second-order valence-corrected chi connectivity index (χ2v) is 6.60. The van der Waals surface area contributed by atoms with Crippen molar-refractivity contribution in [1.29, 1.82) is 0 Å². The summed E-state index contributed by atoms with van der Waals surface area (Å²) in [5.41, 5.74) is 1.50. The van der Waals surface area contributed by atoms with E-state index in [1.807, 2.05) is 0 Å². The largest absolute Gasteiger partial charge is 0.308 e. The number of hydrogen-bond acceptors (Lipinski definition) is 3. The van der Waals surface area contributed by atoms with Gasteiger partial charge >= 0.3 is 0 Å². The number of rotatable bonds is 5. The highest BCUT2D eigenvalue weighted by Gasteiger charge is 2.23. The summed E-state index contributed by atoms with van der Waals surface area (Å²) in [5.74, 6) is 0.685. The number of hydrogen-bond donors (Lipinski definition) is 1. The van der Waals surface area contributed by atoms with Crippen LogP contribution in [0.1, 0.15) is 51.4 Å². The zero-order valence-electron chi connectivity index (χ0n) is 11.3. The number of nitrogens with one attached hydrogen (secondary N) is 1. The minimum absolute atomic E-state index is 0.333. The van der Waals surface area contributed by atoms with Gasteiger partial charge in [0.1, 0.15) is 0 Å². The van der Waals surface area contributed by atoms with Gasteiger partial charge in [-0.05, 0) is 25.2 Å². The van der Waals surface area contributed by atoms with Crippen LogP contribution < -0.4 is 5.32 Å². The topological polar surface area (TPSA) is 24.9 Å². The first-order chi connectivity index (χ1) is 7.33. The van der Waals surface area contributed by atoms with Gasteiger partial charge < -0.3 is 5.32 Å². The van der Waals surface area contributed by atoms with E-state index in [2.05, 4.69) is 57.2 Å². The van der Waals surface area contributed by atoms with Crippen LogP contribution in [0.5, 0.6) is 0 Å². The Morgan fingerprint density at radius 3 is 2.44 bits per heavy atom. The molecule has 0 fully saturated rings. The molecule has 1 aromatic rings. The SMILES string of the molecule is Cc1nc(C(C)NCC(C)(C)C(C)C)cs1. The molecule has 3 heteroatoms. The van der Waals surface area contributed by atoms with Crippen molar-refractivity contribution in [3.63, 3.8) is 0 Å². The van der Waals surface area contributed by atoms with E-state index in [1.54, 1.807) is 11.3 Å². The van der Waals surface area contributed by atoms with Crippen LogP contribution in [0.15, 0.2) is 5.38 Å². The lowest BCUT2D eigenvalue weighted by molar-refractivity contribution is 0.230. The zero-order valence-corrected chi connectivity index (χ0v) is 12.1. The van der Waals surface area contributed by atoms with Gasteiger partial charge in [0.05, 0.1) is 10.7 Å². The molecular weight excluding hydrogens is 216 g/mol. The molecule has 0 spiro atoms. The van der Waals surface area contributed by atoms with Crippen LogP contribution in [0.3, 0.4) is 0 Å². The molecule has 0 bridgehead atoms. The van der Waals surface area contributed by atoms with Gasteiger partial charge in [-0.1, -0.05) is 27.7 Å². The first-order valence-electron chi connectivity index (χ1n) is 5.98. The van der Waals surface area contributed by atoms with E-state index in [1.165, 1.54) is 5.69 Å². The molecule has 0 amide bonds. The highest BCUT2D eigenvalue weighted by Crippen LogP contribution is 2.26. The summed E-state index contributed by atoms with van der Waals surface area (Å²) in [6.45, 7) is 14.4. The minimum atomic E-state index is 0.333. The average Bonchev–Trinajstić information content (AvgIpc) is 2.61. The van der Waals surface area contributed by atoms with Crippen molar-refractivity contribution < 1.29 is 0 Å². The maximum Gasteiger partial charge on any atom is 0.0898 e. The smallest absolute Gasteiger partial charge is 0.0898 e. The highest BCUT2D eigenvalue weighted by molar-refractivity contribution is 7.09. The van der Waals surface area contributed by atoms with E-state index in [-0.39, 0.29) is 0 Å². The second kappa shape index (κ2) is 5.28. The lowest BCUT2D eigenvalue weighted by Gasteiger charge is -2.30. The molecule has 0 saturated heterocycles. The average molecular weight is 240 g/mol. The fraction of sp³-hybridized carbons (Fsp3) is 0.769. The van der Waals surface area contributed by atoms with Crippen molar-refractivity contribution in [2.24, 2.45) is 11.3 Å². The van der Waals surface area contributed by atoms with Gasteiger partial charge in [0, 0.05) is 18.0 Å². The molecule has 0 aliphatic heterocycles. The predicted octanol–water partition coefficient (Wildman–Crippen LogP) is 3.78. The van der Waals surface area contributed by atoms with Crippen LogP contribution in [0.4, 0.5) is 0 Å². The molecule has 0 aliphatic carbocycles. The minimum Gasteiger partial charge on any atom is -0.308 e. The molecule has 1 heterocycles. The molecule has 0 saturated carbocycles. The molecule has 2 nitrogen and oxygen atoms in total. The van der Waals surface area contributed by atoms with Crippen LogP contribution in [0.2, 0.25) is 0 Å². The Kier molecular flexibility index (Phi) is 4.51. The van der Waals surface area contributed by atoms with Crippen molar-refractivity contribution in [2.75, 3.05) is 6.54 Å². The van der Waals surface area contributed by atoms with Crippen LogP contribution in [-0.4, -0.2) is 11.5 Å². The monoisotopic (exact) mass is 240 g/mol. The summed E-state index contributed by atoms with van der Waals surface area (Å²) in [6, 6.07) is 0.350. The van der Waals surface area contributed by atoms with Crippen LogP contribution in [0, 0.1) is 18.3 Å². The maximum absolute atomic E-state index is 4.51. The molecule has 0 radical (unpaired) electrons. The van der Waals surface area contributed by atoms with Gasteiger partial charge in [-0.25, -0.2) is 4.98 Å². The molecule has 0 aromatic carbocycles. The Bertz CT molecular complexity index is 328. The molecule has 16 heavy (non-hydrogen) atoms. The third kappa shape index (κ3) is 3.56. The molecule has 1 unspecified atom stereocenters. The predicted molar refractivity (Wildman–Crippen MR) is 71.9 cm³/mol. The Hall–Kier alpha value is -0.410. The lowest BCUT2D eigenvalue weighted by Crippen LogP contribution is -2.34. The molecule has 1 rings (SSSR count). The summed E-state index contributed by atoms with van der Waals surface area (Å²) in [4.78, 5) is 4.51. The molecule has 1 N–H and O–H groups in total. The normalized spacial score (nSPS) is 14.4. The highest BCUT2D eigenvalue weighted by atomic mass is 32.1. The van der Waals surface area contributed by atoms with E-state index in [0.717, 1.165) is 11.6 Å². The number of aromatic nitrogens is 1. The summed E-state index contributed by atoms with van der Waals surface area (Å²) in [5, 5.41) is 6.87. The van der Waals surface area contributed by atoms with Crippen molar-refractivity contribution in [1.82, 2.24) is 10.3 Å². The van der Waals surface area contributed by atoms with Crippen LogP contribution in [0.25, 0.3) is 0 Å². The summed E-state index contributed by atoms with van der Waals surface area (Å²) >= 11 is 1.72. The fourth-order valence-corrected chi connectivity index (χ4v) is 2.01. The summed E-state index contributed by atoms with van der Waals surface area (Å²) in [6.07, 6.45) is 0. The van der Waals surface area contributed by atoms with E-state index < -0.39 is 0 Å².